The fourth-order valence-electron chi connectivity index (χ4n) is 2.20. The maximum absolute atomic E-state index is 11.7. The molecule has 2 N–H and O–H groups in total. The highest BCUT2D eigenvalue weighted by molar-refractivity contribution is 7.80. The van der Waals surface area contributed by atoms with Gasteiger partial charge in [-0.05, 0) is 18.6 Å². The summed E-state index contributed by atoms with van der Waals surface area (Å²) in [6.45, 7) is 1.39. The van der Waals surface area contributed by atoms with E-state index in [1.54, 1.807) is 10.9 Å². The summed E-state index contributed by atoms with van der Waals surface area (Å²) in [4.78, 5) is 24.5. The zero-order valence-corrected chi connectivity index (χ0v) is 11.4. The van der Waals surface area contributed by atoms with Crippen molar-refractivity contribution in [2.24, 2.45) is 5.73 Å². The number of rotatable bonds is 4. The summed E-state index contributed by atoms with van der Waals surface area (Å²) >= 11 is 4.06. The third-order valence-electron chi connectivity index (χ3n) is 3.28. The van der Waals surface area contributed by atoms with Gasteiger partial charge in [-0.25, -0.2) is 4.68 Å². The van der Waals surface area contributed by atoms with Gasteiger partial charge in [0.2, 0.25) is 5.91 Å². The highest BCUT2D eigenvalue weighted by Gasteiger charge is 2.24. The van der Waals surface area contributed by atoms with Crippen LogP contribution in [0.1, 0.15) is 35.8 Å². The average molecular weight is 283 g/mol. The molecule has 0 saturated carbocycles. The van der Waals surface area contributed by atoms with Gasteiger partial charge in [0.15, 0.2) is 5.69 Å². The molecule has 0 bridgehead atoms. The van der Waals surface area contributed by atoms with Gasteiger partial charge in [0, 0.05) is 19.5 Å². The smallest absolute Gasteiger partial charge is 0.270 e. The molecule has 1 aliphatic heterocycles. The van der Waals surface area contributed by atoms with Crippen LogP contribution in [0, 0.1) is 0 Å². The van der Waals surface area contributed by atoms with E-state index in [9.17, 15) is 9.59 Å². The minimum atomic E-state index is -0.576. The van der Waals surface area contributed by atoms with Gasteiger partial charge >= 0.3 is 0 Å². The summed E-state index contributed by atoms with van der Waals surface area (Å²) in [5, 5.41) is 7.64. The number of primary amides is 1. The van der Waals surface area contributed by atoms with E-state index in [-0.39, 0.29) is 17.6 Å². The van der Waals surface area contributed by atoms with Crippen molar-refractivity contribution in [2.75, 3.05) is 18.8 Å². The van der Waals surface area contributed by atoms with Crippen LogP contribution in [0.3, 0.4) is 0 Å². The normalized spacial score (nSPS) is 16.6. The number of hydrogen-bond donors (Lipinski definition) is 2. The molecule has 7 nitrogen and oxygen atoms in total. The second-order valence-corrected chi connectivity index (χ2v) is 4.98. The monoisotopic (exact) mass is 283 g/mol. The molecule has 2 amide bonds. The number of carbonyl (C=O) groups excluding carboxylic acids is 2. The van der Waals surface area contributed by atoms with Gasteiger partial charge in [-0.3, -0.25) is 9.59 Å². The average Bonchev–Trinajstić information content (AvgIpc) is 2.89. The van der Waals surface area contributed by atoms with E-state index >= 15 is 0 Å². The lowest BCUT2D eigenvalue weighted by atomic mass is 10.1. The number of nitrogens with zero attached hydrogens (tertiary/aromatic N) is 4. The van der Waals surface area contributed by atoms with Crippen molar-refractivity contribution in [1.29, 1.82) is 0 Å². The van der Waals surface area contributed by atoms with Crippen LogP contribution in [0.15, 0.2) is 6.20 Å². The molecule has 1 saturated heterocycles. The summed E-state index contributed by atoms with van der Waals surface area (Å²) in [7, 11) is 0. The van der Waals surface area contributed by atoms with Gasteiger partial charge in [0.25, 0.3) is 5.91 Å². The molecule has 0 spiro atoms. The number of amides is 2. The van der Waals surface area contributed by atoms with Crippen LogP contribution in [0.5, 0.6) is 0 Å². The summed E-state index contributed by atoms with van der Waals surface area (Å²) in [5.41, 5.74) is 5.31. The molecule has 1 fully saturated rings. The van der Waals surface area contributed by atoms with Crippen molar-refractivity contribution in [3.63, 3.8) is 0 Å². The Kier molecular flexibility index (Phi) is 4.41. The molecule has 0 radical (unpaired) electrons. The van der Waals surface area contributed by atoms with Crippen LogP contribution in [-0.4, -0.2) is 50.6 Å². The number of likely N-dealkylation sites (tertiary alicyclic amines) is 1. The van der Waals surface area contributed by atoms with E-state index in [1.807, 2.05) is 4.90 Å². The zero-order chi connectivity index (χ0) is 13.8. The van der Waals surface area contributed by atoms with Gasteiger partial charge in [-0.1, -0.05) is 5.21 Å². The molecular formula is C11H17N5O2S. The lowest BCUT2D eigenvalue weighted by Gasteiger charge is -2.31. The van der Waals surface area contributed by atoms with Crippen LogP contribution >= 0.6 is 12.6 Å². The summed E-state index contributed by atoms with van der Waals surface area (Å²) in [6, 6.07) is 0.167. The predicted octanol–water partition coefficient (Wildman–Crippen LogP) is -0.140. The van der Waals surface area contributed by atoms with Crippen molar-refractivity contribution in [1.82, 2.24) is 19.9 Å². The van der Waals surface area contributed by atoms with Crippen molar-refractivity contribution < 1.29 is 9.59 Å². The van der Waals surface area contributed by atoms with Crippen molar-refractivity contribution in [3.8, 4) is 0 Å². The van der Waals surface area contributed by atoms with Crippen LogP contribution < -0.4 is 5.73 Å². The van der Waals surface area contributed by atoms with Gasteiger partial charge in [-0.15, -0.1) is 5.10 Å². The first-order chi connectivity index (χ1) is 9.11. The fourth-order valence-corrected chi connectivity index (χ4v) is 2.39. The molecule has 19 heavy (non-hydrogen) atoms. The first-order valence-corrected chi connectivity index (χ1v) is 6.85. The molecule has 0 atom stereocenters. The van der Waals surface area contributed by atoms with E-state index in [0.717, 1.165) is 12.8 Å². The molecule has 104 valence electrons. The van der Waals surface area contributed by atoms with E-state index in [1.165, 1.54) is 0 Å². The number of carbonyl (C=O) groups is 2. The summed E-state index contributed by atoms with van der Waals surface area (Å²) < 4.78 is 1.67. The predicted molar refractivity (Wildman–Crippen MR) is 71.9 cm³/mol. The lowest BCUT2D eigenvalue weighted by Crippen LogP contribution is -2.39. The van der Waals surface area contributed by atoms with Crippen LogP contribution in [0.4, 0.5) is 0 Å². The highest BCUT2D eigenvalue weighted by atomic mass is 32.1. The molecule has 0 unspecified atom stereocenters. The van der Waals surface area contributed by atoms with Gasteiger partial charge in [0.05, 0.1) is 12.2 Å². The van der Waals surface area contributed by atoms with Crippen molar-refractivity contribution in [3.05, 3.63) is 11.9 Å². The van der Waals surface area contributed by atoms with Crippen molar-refractivity contribution in [2.45, 2.75) is 25.3 Å². The van der Waals surface area contributed by atoms with Crippen LogP contribution in [-0.2, 0) is 4.79 Å². The fraction of sp³-hybridized carbons (Fsp3) is 0.636. The van der Waals surface area contributed by atoms with Gasteiger partial charge in [-0.2, -0.15) is 12.6 Å². The second kappa shape index (κ2) is 6.05. The van der Waals surface area contributed by atoms with Crippen molar-refractivity contribution >= 4 is 24.4 Å². The molecule has 0 aromatic carbocycles. The molecule has 2 rings (SSSR count). The lowest BCUT2D eigenvalue weighted by molar-refractivity contribution is -0.132. The van der Waals surface area contributed by atoms with Crippen LogP contribution in [0.25, 0.3) is 0 Å². The van der Waals surface area contributed by atoms with Gasteiger partial charge < -0.3 is 10.6 Å². The summed E-state index contributed by atoms with van der Waals surface area (Å²) in [6.07, 6.45) is 3.65. The Bertz CT molecular complexity index is 467. The van der Waals surface area contributed by atoms with E-state index in [0.29, 0.717) is 25.3 Å². The number of hydrogen-bond acceptors (Lipinski definition) is 5. The molecule has 1 aromatic rings. The molecule has 1 aliphatic rings. The SMILES string of the molecule is NC(=O)c1cn(C2CCN(C(=O)CCS)CC2)nn1. The minimum Gasteiger partial charge on any atom is -0.364 e. The summed E-state index contributed by atoms with van der Waals surface area (Å²) in [5.74, 6) is 0.140. The highest BCUT2D eigenvalue weighted by Crippen LogP contribution is 2.22. The molecular weight excluding hydrogens is 266 g/mol. The van der Waals surface area contributed by atoms with Crippen LogP contribution in [0.2, 0.25) is 0 Å². The second-order valence-electron chi connectivity index (χ2n) is 4.53. The topological polar surface area (TPSA) is 94.1 Å². The Morgan fingerprint density at radius 2 is 2.11 bits per heavy atom. The van der Waals surface area contributed by atoms with E-state index < -0.39 is 5.91 Å². The number of piperidine rings is 1. The Balaban J connectivity index is 1.92. The number of thiol groups is 1. The Labute approximate surface area is 116 Å². The van der Waals surface area contributed by atoms with E-state index in [2.05, 4.69) is 22.9 Å². The maximum atomic E-state index is 11.7. The van der Waals surface area contributed by atoms with E-state index in [4.69, 9.17) is 5.73 Å². The number of nitrogens with two attached hydrogens (primary N) is 1. The van der Waals surface area contributed by atoms with Gasteiger partial charge in [0.1, 0.15) is 0 Å². The third-order valence-corrected chi connectivity index (χ3v) is 3.50. The molecule has 1 aromatic heterocycles. The minimum absolute atomic E-state index is 0.143. The molecule has 8 heteroatoms. The quantitative estimate of drug-likeness (QED) is 0.752. The maximum Gasteiger partial charge on any atom is 0.270 e. The Hall–Kier alpha value is -1.57. The first-order valence-electron chi connectivity index (χ1n) is 6.22. The Morgan fingerprint density at radius 1 is 1.42 bits per heavy atom. The third kappa shape index (κ3) is 3.25. The first kappa shape index (κ1) is 13.9. The molecule has 2 heterocycles. The largest absolute Gasteiger partial charge is 0.364 e. The standard InChI is InChI=1S/C11H17N5O2S/c12-11(18)9-7-16(14-13-9)8-1-4-15(5-2-8)10(17)3-6-19/h7-8,19H,1-6H2,(H2,12,18). The number of aromatic nitrogens is 3. The molecule has 0 aliphatic carbocycles. The Morgan fingerprint density at radius 3 is 2.63 bits per heavy atom. The zero-order valence-electron chi connectivity index (χ0n) is 10.5.